The van der Waals surface area contributed by atoms with Crippen molar-refractivity contribution < 1.29 is 5.11 Å². The zero-order valence-corrected chi connectivity index (χ0v) is 5.26. The summed E-state index contributed by atoms with van der Waals surface area (Å²) in [4.78, 5) is 2.78. The molecule has 2 nitrogen and oxygen atoms in total. The molecule has 0 saturated carbocycles. The molecule has 2 heteroatoms. The fourth-order valence-corrected chi connectivity index (χ4v) is 0.998. The number of benzene rings is 1. The fourth-order valence-electron chi connectivity index (χ4n) is 0.998. The summed E-state index contributed by atoms with van der Waals surface area (Å²) in [5.41, 5.74) is 0.917. The third kappa shape index (κ3) is 0.658. The largest absolute Gasteiger partial charge is 0.495 e. The highest BCUT2D eigenvalue weighted by molar-refractivity contribution is 5.80. The minimum atomic E-state index is 0.203. The van der Waals surface area contributed by atoms with Gasteiger partial charge in [-0.15, -0.1) is 0 Å². The maximum absolute atomic E-state index is 8.99. The monoisotopic (exact) mass is 132 g/mol. The van der Waals surface area contributed by atoms with Crippen LogP contribution in [0.25, 0.3) is 10.9 Å². The molecule has 1 aromatic heterocycles. The van der Waals surface area contributed by atoms with Crippen molar-refractivity contribution in [3.05, 3.63) is 30.3 Å². The minimum Gasteiger partial charge on any atom is -0.495 e. The number of nitrogens with one attached hydrogen (secondary N) is 1. The highest BCUT2D eigenvalue weighted by Gasteiger charge is 1.94. The average Bonchev–Trinajstić information content (AvgIpc) is 2.27. The number of hydrogen-bond acceptors (Lipinski definition) is 1. The van der Waals surface area contributed by atoms with E-state index in [0.29, 0.717) is 0 Å². The molecule has 10 heavy (non-hydrogen) atoms. The van der Waals surface area contributed by atoms with Crippen LogP contribution < -0.4 is 0 Å². The maximum atomic E-state index is 8.99. The molecule has 1 heterocycles. The van der Waals surface area contributed by atoms with E-state index >= 15 is 0 Å². The third-order valence-corrected chi connectivity index (χ3v) is 1.45. The van der Waals surface area contributed by atoms with Crippen LogP contribution in [0.1, 0.15) is 0 Å². The van der Waals surface area contributed by atoms with Crippen LogP contribution in [0.5, 0.6) is 5.88 Å². The Morgan fingerprint density at radius 3 is 3.20 bits per heavy atom. The molecular formula is C8H6NO. The lowest BCUT2D eigenvalue weighted by Crippen LogP contribution is -1.63. The first-order valence-electron chi connectivity index (χ1n) is 3.04. The molecule has 0 spiro atoms. The Kier molecular flexibility index (Phi) is 0.947. The minimum absolute atomic E-state index is 0.203. The predicted molar refractivity (Wildman–Crippen MR) is 38.8 cm³/mol. The summed E-state index contributed by atoms with van der Waals surface area (Å²) in [7, 11) is 0. The number of aromatic nitrogens is 1. The van der Waals surface area contributed by atoms with Gasteiger partial charge in [0.2, 0.25) is 0 Å². The first-order chi connectivity index (χ1) is 4.86. The van der Waals surface area contributed by atoms with Gasteiger partial charge in [-0.2, -0.15) is 0 Å². The van der Waals surface area contributed by atoms with Gasteiger partial charge < -0.3 is 10.1 Å². The molecule has 2 rings (SSSR count). The van der Waals surface area contributed by atoms with Gasteiger partial charge in [-0.25, -0.2) is 0 Å². The molecule has 0 aliphatic heterocycles. The van der Waals surface area contributed by atoms with Crippen molar-refractivity contribution in [1.82, 2.24) is 4.98 Å². The van der Waals surface area contributed by atoms with Crippen molar-refractivity contribution in [2.45, 2.75) is 0 Å². The van der Waals surface area contributed by atoms with E-state index in [1.54, 1.807) is 12.1 Å². The molecule has 0 atom stereocenters. The van der Waals surface area contributed by atoms with Crippen LogP contribution in [0.4, 0.5) is 0 Å². The van der Waals surface area contributed by atoms with Crippen molar-refractivity contribution in [2.24, 2.45) is 0 Å². The lowest BCUT2D eigenvalue weighted by molar-refractivity contribution is 0.458. The van der Waals surface area contributed by atoms with Crippen molar-refractivity contribution in [3.8, 4) is 5.88 Å². The number of H-pyrrole nitrogens is 1. The molecule has 0 bridgehead atoms. The summed E-state index contributed by atoms with van der Waals surface area (Å²) in [5, 5.41) is 10.00. The molecular weight excluding hydrogens is 126 g/mol. The fraction of sp³-hybridized carbons (Fsp3) is 0. The maximum Gasteiger partial charge on any atom is 0.189 e. The van der Waals surface area contributed by atoms with Gasteiger partial charge >= 0.3 is 0 Å². The van der Waals surface area contributed by atoms with Gasteiger partial charge in [0.1, 0.15) is 0 Å². The molecule has 0 aliphatic carbocycles. The normalized spacial score (nSPS) is 10.4. The Morgan fingerprint density at radius 1 is 1.50 bits per heavy atom. The van der Waals surface area contributed by atoms with Crippen LogP contribution in [0, 0.1) is 6.07 Å². The van der Waals surface area contributed by atoms with E-state index in [4.69, 9.17) is 5.11 Å². The van der Waals surface area contributed by atoms with E-state index in [2.05, 4.69) is 11.1 Å². The number of hydrogen-bond donors (Lipinski definition) is 2. The van der Waals surface area contributed by atoms with E-state index < -0.39 is 0 Å². The van der Waals surface area contributed by atoms with Crippen LogP contribution >= 0.6 is 0 Å². The van der Waals surface area contributed by atoms with Gasteiger partial charge in [0.15, 0.2) is 5.88 Å². The molecule has 49 valence electrons. The Balaban J connectivity index is 2.88. The first-order valence-corrected chi connectivity index (χ1v) is 3.04. The average molecular weight is 132 g/mol. The molecule has 0 aliphatic rings. The third-order valence-electron chi connectivity index (χ3n) is 1.45. The number of aromatic amines is 1. The van der Waals surface area contributed by atoms with E-state index in [1.165, 1.54) is 0 Å². The van der Waals surface area contributed by atoms with Gasteiger partial charge in [0.25, 0.3) is 0 Å². The zero-order valence-electron chi connectivity index (χ0n) is 5.26. The smallest absolute Gasteiger partial charge is 0.189 e. The molecule has 0 saturated heterocycles. The molecule has 0 fully saturated rings. The van der Waals surface area contributed by atoms with E-state index in [9.17, 15) is 0 Å². The van der Waals surface area contributed by atoms with Crippen molar-refractivity contribution in [3.63, 3.8) is 0 Å². The highest BCUT2D eigenvalue weighted by Crippen LogP contribution is 2.17. The van der Waals surface area contributed by atoms with Crippen LogP contribution in [0.15, 0.2) is 24.3 Å². The first kappa shape index (κ1) is 5.35. The van der Waals surface area contributed by atoms with Gasteiger partial charge in [-0.05, 0) is 12.1 Å². The van der Waals surface area contributed by atoms with Gasteiger partial charge in [-0.3, -0.25) is 0 Å². The van der Waals surface area contributed by atoms with E-state index in [-0.39, 0.29) is 5.88 Å². The lowest BCUT2D eigenvalue weighted by Gasteiger charge is -1.82. The quantitative estimate of drug-likeness (QED) is 0.562. The second kappa shape index (κ2) is 1.77. The van der Waals surface area contributed by atoms with Crippen LogP contribution in [0.3, 0.4) is 0 Å². The summed E-state index contributed by atoms with van der Waals surface area (Å²) in [6, 6.07) is 10.1. The van der Waals surface area contributed by atoms with Gasteiger partial charge in [0.05, 0.1) is 0 Å². The van der Waals surface area contributed by atoms with Crippen molar-refractivity contribution in [2.75, 3.05) is 0 Å². The highest BCUT2D eigenvalue weighted by atomic mass is 16.3. The molecule has 1 radical (unpaired) electrons. The van der Waals surface area contributed by atoms with Gasteiger partial charge in [0, 0.05) is 17.0 Å². The summed E-state index contributed by atoms with van der Waals surface area (Å²) >= 11 is 0. The SMILES string of the molecule is Oc1cc2cc[c]cc2[nH]1. The molecule has 1 aromatic carbocycles. The number of fused-ring (bicyclic) bond motifs is 1. The van der Waals surface area contributed by atoms with Crippen molar-refractivity contribution in [1.29, 1.82) is 0 Å². The standard InChI is InChI=1S/C8H6NO/c10-8-5-6-3-1-2-4-7(6)9-8/h1,3-5,9-10H. The van der Waals surface area contributed by atoms with Crippen molar-refractivity contribution >= 4 is 10.9 Å². The topological polar surface area (TPSA) is 36.0 Å². The molecule has 0 unspecified atom stereocenters. The van der Waals surface area contributed by atoms with E-state index in [1.807, 2.05) is 12.1 Å². The number of aromatic hydroxyl groups is 1. The molecule has 2 aromatic rings. The zero-order chi connectivity index (χ0) is 6.97. The summed E-state index contributed by atoms with van der Waals surface area (Å²) in [6.07, 6.45) is 0. The molecule has 0 amide bonds. The van der Waals surface area contributed by atoms with Crippen LogP contribution in [-0.2, 0) is 0 Å². The summed E-state index contributed by atoms with van der Waals surface area (Å²) in [6.45, 7) is 0. The Hall–Kier alpha value is -1.44. The lowest BCUT2D eigenvalue weighted by atomic mass is 10.3. The Labute approximate surface area is 58.1 Å². The Bertz CT molecular complexity index is 318. The van der Waals surface area contributed by atoms with Crippen LogP contribution in [-0.4, -0.2) is 10.1 Å². The summed E-state index contributed by atoms with van der Waals surface area (Å²) < 4.78 is 0. The summed E-state index contributed by atoms with van der Waals surface area (Å²) in [5.74, 6) is 0.203. The Morgan fingerprint density at radius 2 is 2.40 bits per heavy atom. The second-order valence-electron chi connectivity index (χ2n) is 2.17. The number of rotatable bonds is 0. The second-order valence-corrected chi connectivity index (χ2v) is 2.17. The van der Waals surface area contributed by atoms with E-state index in [0.717, 1.165) is 10.9 Å². The van der Waals surface area contributed by atoms with Crippen LogP contribution in [0.2, 0.25) is 0 Å². The molecule has 2 N–H and O–H groups in total. The predicted octanol–water partition coefficient (Wildman–Crippen LogP) is 1.67. The van der Waals surface area contributed by atoms with Gasteiger partial charge in [-0.1, -0.05) is 12.1 Å².